The van der Waals surface area contributed by atoms with Crippen molar-refractivity contribution in [1.82, 2.24) is 15.0 Å². The molecule has 6 aromatic carbocycles. The second kappa shape index (κ2) is 18.9. The van der Waals surface area contributed by atoms with Crippen molar-refractivity contribution >= 4 is 0 Å². The summed E-state index contributed by atoms with van der Waals surface area (Å²) in [5.41, 5.74) is 24.6. The molecule has 0 unspecified atom stereocenters. The number of nitriles is 1. The molecule has 9 rings (SSSR count). The second-order valence-electron chi connectivity index (χ2n) is 17.5. The Morgan fingerprint density at radius 3 is 1.31 bits per heavy atom. The van der Waals surface area contributed by atoms with Crippen LogP contribution in [-0.2, 0) is 25.7 Å². The Hall–Kier alpha value is -7.74. The molecule has 0 aliphatic carbocycles. The van der Waals surface area contributed by atoms with Gasteiger partial charge in [-0.2, -0.15) is 5.26 Å². The largest absolute Gasteiger partial charge is 0.256 e. The first-order valence-corrected chi connectivity index (χ1v) is 22.5. The van der Waals surface area contributed by atoms with Crippen molar-refractivity contribution in [2.24, 2.45) is 0 Å². The van der Waals surface area contributed by atoms with Crippen LogP contribution < -0.4 is 0 Å². The molecular weight excluding hydrogens is 789 g/mol. The van der Waals surface area contributed by atoms with Gasteiger partial charge < -0.3 is 0 Å². The highest BCUT2D eigenvalue weighted by molar-refractivity contribution is 5.94. The van der Waals surface area contributed by atoms with E-state index in [1.54, 1.807) is 0 Å². The van der Waals surface area contributed by atoms with Gasteiger partial charge in [-0.1, -0.05) is 121 Å². The molecule has 3 aromatic heterocycles. The Morgan fingerprint density at radius 1 is 0.354 bits per heavy atom. The predicted octanol–water partition coefficient (Wildman–Crippen LogP) is 14.9. The first-order chi connectivity index (χ1) is 31.7. The lowest BCUT2D eigenvalue weighted by Crippen LogP contribution is -1.98. The third-order valence-electron chi connectivity index (χ3n) is 12.5. The highest BCUT2D eigenvalue weighted by Gasteiger charge is 2.18. The molecule has 0 amide bonds. The standard InChI is InChI=1S/C61H52N4/c1-40-10-27-59(63-37-40)49-21-17-45(18-22-49)13-15-47-32-48(16-14-46-19-23-50(24-20-46)60-28-11-41(2)38-64-60)34-52(33-47)54-8-6-7-9-55(54)56-26-25-51(61-29-12-42(3)39-65-61)35-58(56)57-31-43(4)53(36-62)30-44(57)5/h6-12,17-35,37-39H,13-16H2,1-5H3. The molecule has 0 N–H and O–H groups in total. The fourth-order valence-corrected chi connectivity index (χ4v) is 8.74. The SMILES string of the molecule is Cc1ccc(-c2ccc(CCc3cc(CCc4ccc(-c5ccc(C)cn5)cc4)cc(-c4ccccc4-c4ccc(-c5ccc(C)cn5)cc4-c4cc(C)c(C#N)cc4C)c3)cc2)nc1. The van der Waals surface area contributed by atoms with Crippen molar-refractivity contribution in [2.75, 3.05) is 0 Å². The van der Waals surface area contributed by atoms with Crippen LogP contribution in [0.3, 0.4) is 0 Å². The first kappa shape index (κ1) is 42.6. The first-order valence-electron chi connectivity index (χ1n) is 22.5. The normalized spacial score (nSPS) is 11.1. The van der Waals surface area contributed by atoms with E-state index in [0.29, 0.717) is 5.56 Å². The van der Waals surface area contributed by atoms with Crippen LogP contribution in [0.4, 0.5) is 0 Å². The molecule has 3 heterocycles. The quantitative estimate of drug-likeness (QED) is 0.123. The molecule has 0 aliphatic rings. The van der Waals surface area contributed by atoms with E-state index in [-0.39, 0.29) is 0 Å². The summed E-state index contributed by atoms with van der Waals surface area (Å²) in [7, 11) is 0. The van der Waals surface area contributed by atoms with Gasteiger partial charge in [0.15, 0.2) is 0 Å². The van der Waals surface area contributed by atoms with Gasteiger partial charge in [0.2, 0.25) is 0 Å². The summed E-state index contributed by atoms with van der Waals surface area (Å²) in [6, 6.07) is 59.7. The van der Waals surface area contributed by atoms with Gasteiger partial charge in [0.25, 0.3) is 0 Å². The molecule has 65 heavy (non-hydrogen) atoms. The van der Waals surface area contributed by atoms with Crippen molar-refractivity contribution in [1.29, 1.82) is 5.26 Å². The Labute approximate surface area is 384 Å². The van der Waals surface area contributed by atoms with Gasteiger partial charge in [0.05, 0.1) is 28.7 Å². The summed E-state index contributed by atoms with van der Waals surface area (Å²) in [4.78, 5) is 14.1. The van der Waals surface area contributed by atoms with Gasteiger partial charge in [-0.25, -0.2) is 0 Å². The molecule has 9 aromatic rings. The van der Waals surface area contributed by atoms with Gasteiger partial charge in [-0.15, -0.1) is 0 Å². The fourth-order valence-electron chi connectivity index (χ4n) is 8.74. The van der Waals surface area contributed by atoms with Crippen LogP contribution in [0.2, 0.25) is 0 Å². The topological polar surface area (TPSA) is 62.5 Å². The zero-order valence-corrected chi connectivity index (χ0v) is 37.9. The minimum absolute atomic E-state index is 0.701. The number of aromatic nitrogens is 3. The van der Waals surface area contributed by atoms with E-state index in [1.807, 2.05) is 31.6 Å². The molecule has 0 spiro atoms. The van der Waals surface area contributed by atoms with Gasteiger partial charge >= 0.3 is 0 Å². The molecule has 0 radical (unpaired) electrons. The zero-order valence-electron chi connectivity index (χ0n) is 37.9. The number of benzene rings is 6. The number of hydrogen-bond acceptors (Lipinski definition) is 4. The summed E-state index contributed by atoms with van der Waals surface area (Å²) in [6.07, 6.45) is 9.46. The van der Waals surface area contributed by atoms with Gasteiger partial charge in [0.1, 0.15) is 0 Å². The van der Waals surface area contributed by atoms with Crippen LogP contribution in [0.15, 0.2) is 176 Å². The van der Waals surface area contributed by atoms with E-state index < -0.39 is 0 Å². The average molecular weight is 841 g/mol. The van der Waals surface area contributed by atoms with Crippen molar-refractivity contribution < 1.29 is 0 Å². The van der Waals surface area contributed by atoms with Crippen molar-refractivity contribution in [3.63, 3.8) is 0 Å². The molecule has 0 saturated heterocycles. The van der Waals surface area contributed by atoms with Crippen LogP contribution in [0.5, 0.6) is 0 Å². The fraction of sp³-hybridized carbons (Fsp3) is 0.148. The highest BCUT2D eigenvalue weighted by atomic mass is 14.7. The molecule has 0 atom stereocenters. The zero-order chi connectivity index (χ0) is 44.9. The third kappa shape index (κ3) is 9.76. The lowest BCUT2D eigenvalue weighted by atomic mass is 9.85. The van der Waals surface area contributed by atoms with Crippen molar-refractivity contribution in [2.45, 2.75) is 60.3 Å². The maximum Gasteiger partial charge on any atom is 0.0994 e. The summed E-state index contributed by atoms with van der Waals surface area (Å²) >= 11 is 0. The Kier molecular flexibility index (Phi) is 12.4. The number of rotatable bonds is 12. The molecule has 0 aliphatic heterocycles. The maximum absolute atomic E-state index is 9.93. The number of pyridine rings is 3. The Bertz CT molecular complexity index is 3040. The number of hydrogen-bond donors (Lipinski definition) is 0. The third-order valence-corrected chi connectivity index (χ3v) is 12.5. The van der Waals surface area contributed by atoms with E-state index in [4.69, 9.17) is 4.98 Å². The predicted molar refractivity (Wildman–Crippen MR) is 269 cm³/mol. The van der Waals surface area contributed by atoms with E-state index >= 15 is 0 Å². The smallest absolute Gasteiger partial charge is 0.0994 e. The lowest BCUT2D eigenvalue weighted by molar-refractivity contribution is 0.931. The monoisotopic (exact) mass is 840 g/mol. The molecule has 4 nitrogen and oxygen atoms in total. The van der Waals surface area contributed by atoms with E-state index in [9.17, 15) is 5.26 Å². The molecule has 0 bridgehead atoms. The molecule has 316 valence electrons. The van der Waals surface area contributed by atoms with Crippen LogP contribution in [0.1, 0.15) is 55.6 Å². The Balaban J connectivity index is 1.09. The highest BCUT2D eigenvalue weighted by Crippen LogP contribution is 2.42. The minimum atomic E-state index is 0.701. The van der Waals surface area contributed by atoms with Crippen LogP contribution in [0.25, 0.3) is 67.2 Å². The Morgan fingerprint density at radius 2 is 0.815 bits per heavy atom. The summed E-state index contributed by atoms with van der Waals surface area (Å²) in [5, 5.41) is 9.93. The van der Waals surface area contributed by atoms with E-state index in [0.717, 1.165) is 110 Å². The van der Waals surface area contributed by atoms with Gasteiger partial charge in [0, 0.05) is 35.3 Å². The summed E-state index contributed by atoms with van der Waals surface area (Å²) < 4.78 is 0. The molecular formula is C61H52N4. The van der Waals surface area contributed by atoms with Crippen LogP contribution in [0, 0.1) is 45.9 Å². The average Bonchev–Trinajstić information content (AvgIpc) is 3.34. The number of nitrogens with zero attached hydrogens (tertiary/aromatic N) is 4. The molecule has 0 saturated carbocycles. The minimum Gasteiger partial charge on any atom is -0.256 e. The van der Waals surface area contributed by atoms with Crippen LogP contribution in [-0.4, -0.2) is 15.0 Å². The van der Waals surface area contributed by atoms with Crippen molar-refractivity contribution in [3.8, 4) is 73.2 Å². The maximum atomic E-state index is 9.93. The second-order valence-corrected chi connectivity index (χ2v) is 17.5. The van der Waals surface area contributed by atoms with E-state index in [1.165, 1.54) is 33.4 Å². The summed E-state index contributed by atoms with van der Waals surface area (Å²) in [6.45, 7) is 10.3. The van der Waals surface area contributed by atoms with Gasteiger partial charge in [-0.3, -0.25) is 15.0 Å². The van der Waals surface area contributed by atoms with E-state index in [2.05, 4.69) is 195 Å². The number of aryl methyl sites for hydroxylation is 9. The summed E-state index contributed by atoms with van der Waals surface area (Å²) in [5.74, 6) is 0. The van der Waals surface area contributed by atoms with Crippen molar-refractivity contribution in [3.05, 3.63) is 232 Å². The lowest BCUT2D eigenvalue weighted by Gasteiger charge is -2.19. The van der Waals surface area contributed by atoms with Gasteiger partial charge in [-0.05, 0) is 180 Å². The molecule has 0 fully saturated rings. The molecule has 4 heteroatoms. The van der Waals surface area contributed by atoms with Crippen LogP contribution >= 0.6 is 0 Å².